The van der Waals surface area contributed by atoms with Crippen molar-refractivity contribution in [3.05, 3.63) is 151 Å². The number of rotatable bonds is 2. The van der Waals surface area contributed by atoms with E-state index >= 15 is 0 Å². The third-order valence-electron chi connectivity index (χ3n) is 5.03. The van der Waals surface area contributed by atoms with Crippen molar-refractivity contribution in [1.82, 2.24) is 0 Å². The van der Waals surface area contributed by atoms with Gasteiger partial charge in [-0.1, -0.05) is 59.8 Å². The van der Waals surface area contributed by atoms with Gasteiger partial charge in [0.1, 0.15) is 0 Å². The van der Waals surface area contributed by atoms with Crippen molar-refractivity contribution < 1.29 is 9.85 Å². The predicted octanol–water partition coefficient (Wildman–Crippen LogP) is 5.70. The molecule has 0 bridgehead atoms. The van der Waals surface area contributed by atoms with Gasteiger partial charge in [-0.05, 0) is 48.5 Å². The molecule has 0 aliphatic heterocycles. The maximum atomic E-state index is 10.8. The second kappa shape index (κ2) is 11.0. The zero-order valence-corrected chi connectivity index (χ0v) is 18.8. The Kier molecular flexibility index (Phi) is 7.18. The number of hydrogen-bond acceptors (Lipinski definition) is 4. The van der Waals surface area contributed by atoms with Gasteiger partial charge in [0.05, 0.1) is 9.85 Å². The molecule has 0 aromatic heterocycles. The van der Waals surface area contributed by atoms with Crippen LogP contribution in [0, 0.1) is 55.8 Å². The summed E-state index contributed by atoms with van der Waals surface area (Å²) in [6.07, 6.45) is 0. The molecule has 6 nitrogen and oxygen atoms in total. The van der Waals surface area contributed by atoms with E-state index in [4.69, 9.17) is 0 Å². The van der Waals surface area contributed by atoms with Gasteiger partial charge < -0.3 is 0 Å². The summed E-state index contributed by atoms with van der Waals surface area (Å²) in [5.74, 6) is 18.6. The Morgan fingerprint density at radius 3 is 0.972 bits per heavy atom. The monoisotopic (exact) mass is 468 g/mol. The lowest BCUT2D eigenvalue weighted by atomic mass is 10.0. The van der Waals surface area contributed by atoms with Gasteiger partial charge in [0.25, 0.3) is 11.4 Å². The molecule has 0 aliphatic carbocycles. The highest BCUT2D eigenvalue weighted by molar-refractivity contribution is 5.58. The minimum Gasteiger partial charge on any atom is -0.258 e. The van der Waals surface area contributed by atoms with Gasteiger partial charge in [0, 0.05) is 57.6 Å². The van der Waals surface area contributed by atoms with Crippen LogP contribution < -0.4 is 0 Å². The SMILES string of the molecule is O=[N+]([O-])c1ccc(C#Cc2ccccc2C#Cc2ccccc2C#Cc2ccc([N+](=O)[O-])cc2)cc1. The second-order valence-corrected chi connectivity index (χ2v) is 7.45. The van der Waals surface area contributed by atoms with Crippen LogP contribution in [-0.2, 0) is 0 Å². The van der Waals surface area contributed by atoms with E-state index in [9.17, 15) is 20.2 Å². The van der Waals surface area contributed by atoms with Crippen LogP contribution in [0.3, 0.4) is 0 Å². The van der Waals surface area contributed by atoms with Gasteiger partial charge in [-0.15, -0.1) is 0 Å². The first-order valence-electron chi connectivity index (χ1n) is 10.7. The zero-order chi connectivity index (χ0) is 25.3. The molecule has 0 heterocycles. The van der Waals surface area contributed by atoms with Crippen molar-refractivity contribution in [2.45, 2.75) is 0 Å². The first-order valence-corrected chi connectivity index (χ1v) is 10.7. The Bertz CT molecular complexity index is 1510. The lowest BCUT2D eigenvalue weighted by Gasteiger charge is -1.98. The minimum absolute atomic E-state index is 0.0159. The van der Waals surface area contributed by atoms with Gasteiger partial charge >= 0.3 is 0 Å². The van der Waals surface area contributed by atoms with E-state index in [1.54, 1.807) is 24.3 Å². The zero-order valence-electron chi connectivity index (χ0n) is 18.8. The Hall–Kier alpha value is -5.64. The molecule has 4 rings (SSSR count). The smallest absolute Gasteiger partial charge is 0.258 e. The Labute approximate surface area is 207 Å². The Balaban J connectivity index is 1.60. The average Bonchev–Trinajstić information content (AvgIpc) is 2.91. The number of hydrogen-bond donors (Lipinski definition) is 0. The lowest BCUT2D eigenvalue weighted by Crippen LogP contribution is -1.88. The summed E-state index contributed by atoms with van der Waals surface area (Å²) in [4.78, 5) is 20.7. The summed E-state index contributed by atoms with van der Waals surface area (Å²) in [5.41, 5.74) is 4.31. The van der Waals surface area contributed by atoms with Crippen molar-refractivity contribution >= 4 is 11.4 Å². The largest absolute Gasteiger partial charge is 0.269 e. The molecule has 0 N–H and O–H groups in total. The number of nitrogens with zero attached hydrogens (tertiary/aromatic N) is 2. The molecule has 4 aromatic rings. The van der Waals surface area contributed by atoms with E-state index in [0.29, 0.717) is 11.1 Å². The predicted molar refractivity (Wildman–Crippen MR) is 137 cm³/mol. The average molecular weight is 468 g/mol. The molecule has 6 heteroatoms. The summed E-state index contributed by atoms with van der Waals surface area (Å²) in [6, 6.07) is 27.1. The van der Waals surface area contributed by atoms with E-state index < -0.39 is 9.85 Å². The van der Waals surface area contributed by atoms with Crippen LogP contribution >= 0.6 is 0 Å². The van der Waals surface area contributed by atoms with Crippen LogP contribution in [0.4, 0.5) is 11.4 Å². The number of nitro groups is 2. The van der Waals surface area contributed by atoms with E-state index in [2.05, 4.69) is 35.5 Å². The maximum absolute atomic E-state index is 10.8. The summed E-state index contributed by atoms with van der Waals surface area (Å²) in [5, 5.41) is 21.6. The normalized spacial score (nSPS) is 9.44. The van der Waals surface area contributed by atoms with Crippen LogP contribution in [0.5, 0.6) is 0 Å². The van der Waals surface area contributed by atoms with Crippen molar-refractivity contribution in [1.29, 1.82) is 0 Å². The Morgan fingerprint density at radius 2 is 0.694 bits per heavy atom. The van der Waals surface area contributed by atoms with Crippen molar-refractivity contribution in [2.75, 3.05) is 0 Å². The molecule has 0 saturated carbocycles. The minimum atomic E-state index is -0.448. The standard InChI is InChI=1S/C30H16N2O4/c33-31(34)29-19-11-23(12-20-29)9-15-25-5-1-3-7-27(25)17-18-28-8-4-2-6-26(28)16-10-24-13-21-30(22-14-24)32(35)36/h1-8,11-14,19-22H. The summed E-state index contributed by atoms with van der Waals surface area (Å²) in [7, 11) is 0. The van der Waals surface area contributed by atoms with Crippen LogP contribution in [0.15, 0.2) is 97.1 Å². The molecule has 36 heavy (non-hydrogen) atoms. The molecule has 0 aliphatic rings. The Morgan fingerprint density at radius 1 is 0.417 bits per heavy atom. The fraction of sp³-hybridized carbons (Fsp3) is 0. The second-order valence-electron chi connectivity index (χ2n) is 7.45. The van der Waals surface area contributed by atoms with Crippen molar-refractivity contribution in [2.24, 2.45) is 0 Å². The van der Waals surface area contributed by atoms with Gasteiger partial charge in [0.15, 0.2) is 0 Å². The lowest BCUT2D eigenvalue weighted by molar-refractivity contribution is -0.385. The van der Waals surface area contributed by atoms with Gasteiger partial charge in [0.2, 0.25) is 0 Å². The van der Waals surface area contributed by atoms with Crippen molar-refractivity contribution in [3.63, 3.8) is 0 Å². The van der Waals surface area contributed by atoms with E-state index in [-0.39, 0.29) is 11.4 Å². The molecule has 0 atom stereocenters. The fourth-order valence-electron chi connectivity index (χ4n) is 3.15. The van der Waals surface area contributed by atoms with Crippen LogP contribution in [-0.4, -0.2) is 9.85 Å². The number of non-ortho nitro benzene ring substituents is 2. The van der Waals surface area contributed by atoms with Gasteiger partial charge in [-0.3, -0.25) is 20.2 Å². The topological polar surface area (TPSA) is 86.3 Å². The molecular weight excluding hydrogens is 452 g/mol. The van der Waals surface area contributed by atoms with Gasteiger partial charge in [-0.25, -0.2) is 0 Å². The molecule has 0 fully saturated rings. The summed E-state index contributed by atoms with van der Waals surface area (Å²) >= 11 is 0. The molecule has 0 unspecified atom stereocenters. The number of nitro benzene ring substituents is 2. The third-order valence-corrected chi connectivity index (χ3v) is 5.03. The van der Waals surface area contributed by atoms with E-state index in [1.807, 2.05) is 48.5 Å². The molecule has 0 spiro atoms. The fourth-order valence-corrected chi connectivity index (χ4v) is 3.15. The van der Waals surface area contributed by atoms with E-state index in [1.165, 1.54) is 24.3 Å². The highest BCUT2D eigenvalue weighted by atomic mass is 16.6. The first kappa shape index (κ1) is 23.5. The molecule has 0 amide bonds. The number of benzene rings is 4. The summed E-state index contributed by atoms with van der Waals surface area (Å²) < 4.78 is 0. The van der Waals surface area contributed by atoms with Crippen LogP contribution in [0.25, 0.3) is 0 Å². The molecular formula is C30H16N2O4. The van der Waals surface area contributed by atoms with Crippen molar-refractivity contribution in [3.8, 4) is 35.5 Å². The summed E-state index contributed by atoms with van der Waals surface area (Å²) in [6.45, 7) is 0. The quantitative estimate of drug-likeness (QED) is 0.214. The first-order chi connectivity index (χ1) is 17.5. The van der Waals surface area contributed by atoms with E-state index in [0.717, 1.165) is 22.3 Å². The molecule has 170 valence electrons. The van der Waals surface area contributed by atoms with Gasteiger partial charge in [-0.2, -0.15) is 0 Å². The van der Waals surface area contributed by atoms with Crippen LogP contribution in [0.1, 0.15) is 33.4 Å². The highest BCUT2D eigenvalue weighted by Crippen LogP contribution is 2.14. The molecule has 4 aromatic carbocycles. The highest BCUT2D eigenvalue weighted by Gasteiger charge is 2.04. The third kappa shape index (κ3) is 6.02. The molecule has 0 saturated heterocycles. The maximum Gasteiger partial charge on any atom is 0.269 e. The molecule has 0 radical (unpaired) electrons. The van der Waals surface area contributed by atoms with Crippen LogP contribution in [0.2, 0.25) is 0 Å².